The van der Waals surface area contributed by atoms with Crippen LogP contribution in [0.1, 0.15) is 11.5 Å². The molecule has 0 saturated carbocycles. The highest BCUT2D eigenvalue weighted by atomic mass is 16.4. The molecule has 0 unspecified atom stereocenters. The SMILES string of the molecule is CN(C)CC(=O)N1C[C@H](C(=O)O)[C@H](c2ccccc2)C1. The summed E-state index contributed by atoms with van der Waals surface area (Å²) in [6.45, 7) is 1.09. The van der Waals surface area contributed by atoms with E-state index in [-0.39, 0.29) is 11.8 Å². The molecule has 2 rings (SSSR count). The second-order valence-corrected chi connectivity index (χ2v) is 5.50. The zero-order valence-electron chi connectivity index (χ0n) is 11.8. The van der Waals surface area contributed by atoms with E-state index in [0.29, 0.717) is 19.6 Å². The number of likely N-dealkylation sites (tertiary alicyclic amines) is 1. The summed E-state index contributed by atoms with van der Waals surface area (Å²) in [7, 11) is 3.66. The van der Waals surface area contributed by atoms with Crippen LogP contribution in [-0.2, 0) is 9.59 Å². The fraction of sp³-hybridized carbons (Fsp3) is 0.467. The summed E-state index contributed by atoms with van der Waals surface area (Å²) in [6, 6.07) is 9.57. The molecule has 1 heterocycles. The number of aliphatic carboxylic acids is 1. The fourth-order valence-corrected chi connectivity index (χ4v) is 2.67. The molecule has 1 aromatic carbocycles. The summed E-state index contributed by atoms with van der Waals surface area (Å²) in [6.07, 6.45) is 0. The Morgan fingerprint density at radius 2 is 1.90 bits per heavy atom. The molecule has 1 saturated heterocycles. The number of benzene rings is 1. The predicted molar refractivity (Wildman–Crippen MR) is 75.4 cm³/mol. The zero-order chi connectivity index (χ0) is 14.7. The first-order valence-electron chi connectivity index (χ1n) is 6.69. The predicted octanol–water partition coefficient (Wildman–Crippen LogP) is 0.875. The monoisotopic (exact) mass is 276 g/mol. The quantitative estimate of drug-likeness (QED) is 0.886. The number of nitrogens with zero attached hydrogens (tertiary/aromatic N) is 2. The van der Waals surface area contributed by atoms with Gasteiger partial charge < -0.3 is 14.9 Å². The Hall–Kier alpha value is -1.88. The Kier molecular flexibility index (Phi) is 4.39. The summed E-state index contributed by atoms with van der Waals surface area (Å²) in [5, 5.41) is 9.38. The third-order valence-corrected chi connectivity index (χ3v) is 3.67. The second-order valence-electron chi connectivity index (χ2n) is 5.50. The Morgan fingerprint density at radius 3 is 2.45 bits per heavy atom. The minimum Gasteiger partial charge on any atom is -0.481 e. The number of hydrogen-bond acceptors (Lipinski definition) is 3. The van der Waals surface area contributed by atoms with Crippen LogP contribution in [0.4, 0.5) is 0 Å². The largest absolute Gasteiger partial charge is 0.481 e. The van der Waals surface area contributed by atoms with Gasteiger partial charge >= 0.3 is 5.97 Å². The van der Waals surface area contributed by atoms with Crippen LogP contribution >= 0.6 is 0 Å². The van der Waals surface area contributed by atoms with Crippen molar-refractivity contribution in [2.75, 3.05) is 33.7 Å². The molecular formula is C15H20N2O3. The van der Waals surface area contributed by atoms with Crippen LogP contribution in [0.5, 0.6) is 0 Å². The lowest BCUT2D eigenvalue weighted by Gasteiger charge is -2.19. The summed E-state index contributed by atoms with van der Waals surface area (Å²) >= 11 is 0. The third kappa shape index (κ3) is 3.17. The van der Waals surface area contributed by atoms with Gasteiger partial charge in [0.05, 0.1) is 12.5 Å². The van der Waals surface area contributed by atoms with E-state index >= 15 is 0 Å². The van der Waals surface area contributed by atoms with E-state index in [4.69, 9.17) is 0 Å². The lowest BCUT2D eigenvalue weighted by atomic mass is 9.89. The molecule has 1 aliphatic heterocycles. The molecule has 108 valence electrons. The number of carbonyl (C=O) groups excluding carboxylic acids is 1. The van der Waals surface area contributed by atoms with E-state index in [9.17, 15) is 14.7 Å². The van der Waals surface area contributed by atoms with Gasteiger partial charge in [-0.15, -0.1) is 0 Å². The number of amides is 1. The Balaban J connectivity index is 2.16. The highest BCUT2D eigenvalue weighted by molar-refractivity contribution is 5.81. The maximum atomic E-state index is 12.1. The molecule has 0 spiro atoms. The molecule has 2 atom stereocenters. The van der Waals surface area contributed by atoms with Crippen LogP contribution in [0.3, 0.4) is 0 Å². The molecule has 0 radical (unpaired) electrons. The topological polar surface area (TPSA) is 60.9 Å². The molecule has 0 bridgehead atoms. The summed E-state index contributed by atoms with van der Waals surface area (Å²) < 4.78 is 0. The Bertz CT molecular complexity index is 487. The average molecular weight is 276 g/mol. The number of carboxylic acids is 1. The van der Waals surface area contributed by atoms with Crippen LogP contribution in [0, 0.1) is 5.92 Å². The van der Waals surface area contributed by atoms with Crippen LogP contribution in [0.15, 0.2) is 30.3 Å². The van der Waals surface area contributed by atoms with Crippen molar-refractivity contribution in [2.45, 2.75) is 5.92 Å². The van der Waals surface area contributed by atoms with Crippen molar-refractivity contribution >= 4 is 11.9 Å². The van der Waals surface area contributed by atoms with Crippen molar-refractivity contribution in [3.63, 3.8) is 0 Å². The van der Waals surface area contributed by atoms with Crippen LogP contribution in [0.2, 0.25) is 0 Å². The molecule has 0 aliphatic carbocycles. The van der Waals surface area contributed by atoms with E-state index in [1.807, 2.05) is 44.4 Å². The van der Waals surface area contributed by atoms with E-state index in [0.717, 1.165) is 5.56 Å². The van der Waals surface area contributed by atoms with Gasteiger partial charge in [-0.05, 0) is 19.7 Å². The van der Waals surface area contributed by atoms with Gasteiger partial charge in [0.1, 0.15) is 0 Å². The lowest BCUT2D eigenvalue weighted by molar-refractivity contribution is -0.141. The Morgan fingerprint density at radius 1 is 1.25 bits per heavy atom. The number of likely N-dealkylation sites (N-methyl/N-ethyl adjacent to an activating group) is 1. The van der Waals surface area contributed by atoms with Gasteiger partial charge in [0.2, 0.25) is 5.91 Å². The minimum absolute atomic E-state index is 0.0142. The van der Waals surface area contributed by atoms with Gasteiger partial charge in [0, 0.05) is 19.0 Å². The molecule has 5 heteroatoms. The van der Waals surface area contributed by atoms with Gasteiger partial charge in [-0.2, -0.15) is 0 Å². The first-order valence-corrected chi connectivity index (χ1v) is 6.69. The molecule has 1 amide bonds. The molecule has 1 aromatic rings. The third-order valence-electron chi connectivity index (χ3n) is 3.67. The minimum atomic E-state index is -0.834. The van der Waals surface area contributed by atoms with Crippen LogP contribution < -0.4 is 0 Å². The molecule has 0 aromatic heterocycles. The van der Waals surface area contributed by atoms with Crippen LogP contribution in [0.25, 0.3) is 0 Å². The second kappa shape index (κ2) is 6.05. The van der Waals surface area contributed by atoms with Gasteiger partial charge in [0.25, 0.3) is 0 Å². The molecule has 1 fully saturated rings. The first kappa shape index (κ1) is 14.5. The summed E-state index contributed by atoms with van der Waals surface area (Å²) in [5.41, 5.74) is 0.986. The van der Waals surface area contributed by atoms with Crippen LogP contribution in [-0.4, -0.2) is 60.5 Å². The maximum Gasteiger partial charge on any atom is 0.308 e. The zero-order valence-corrected chi connectivity index (χ0v) is 11.8. The molecule has 5 nitrogen and oxygen atoms in total. The van der Waals surface area contributed by atoms with Gasteiger partial charge in [-0.3, -0.25) is 9.59 Å². The van der Waals surface area contributed by atoms with E-state index in [1.54, 1.807) is 9.80 Å². The smallest absolute Gasteiger partial charge is 0.308 e. The fourth-order valence-electron chi connectivity index (χ4n) is 2.67. The van der Waals surface area contributed by atoms with Crippen molar-refractivity contribution in [3.8, 4) is 0 Å². The standard InChI is InChI=1S/C15H20N2O3/c1-16(2)10-14(18)17-8-12(13(9-17)15(19)20)11-6-4-3-5-7-11/h3-7,12-13H,8-10H2,1-2H3,(H,19,20)/t12-,13-/m0/s1. The lowest BCUT2D eigenvalue weighted by Crippen LogP contribution is -2.36. The Labute approximate surface area is 118 Å². The van der Waals surface area contributed by atoms with Crippen molar-refractivity contribution < 1.29 is 14.7 Å². The van der Waals surface area contributed by atoms with Crippen molar-refractivity contribution in [3.05, 3.63) is 35.9 Å². The van der Waals surface area contributed by atoms with Crippen molar-refractivity contribution in [2.24, 2.45) is 5.92 Å². The average Bonchev–Trinajstić information content (AvgIpc) is 2.84. The molecule has 1 N–H and O–H groups in total. The molecule has 20 heavy (non-hydrogen) atoms. The highest BCUT2D eigenvalue weighted by Gasteiger charge is 2.40. The first-order chi connectivity index (χ1) is 9.49. The summed E-state index contributed by atoms with van der Waals surface area (Å²) in [4.78, 5) is 27.0. The van der Waals surface area contributed by atoms with Gasteiger partial charge in [0.15, 0.2) is 0 Å². The molecule has 1 aliphatic rings. The summed E-state index contributed by atoms with van der Waals surface area (Å²) in [5.74, 6) is -1.50. The normalized spacial score (nSPS) is 22.2. The van der Waals surface area contributed by atoms with Gasteiger partial charge in [-0.25, -0.2) is 0 Å². The van der Waals surface area contributed by atoms with E-state index in [2.05, 4.69) is 0 Å². The number of hydrogen-bond donors (Lipinski definition) is 1. The van der Waals surface area contributed by atoms with Crippen molar-refractivity contribution in [1.29, 1.82) is 0 Å². The number of carbonyl (C=O) groups is 2. The number of rotatable bonds is 4. The van der Waals surface area contributed by atoms with E-state index in [1.165, 1.54) is 0 Å². The molecular weight excluding hydrogens is 256 g/mol. The van der Waals surface area contributed by atoms with E-state index < -0.39 is 11.9 Å². The van der Waals surface area contributed by atoms with Crippen molar-refractivity contribution in [1.82, 2.24) is 9.80 Å². The number of carboxylic acid groups (broad SMARTS) is 1. The van der Waals surface area contributed by atoms with Gasteiger partial charge in [-0.1, -0.05) is 30.3 Å². The maximum absolute atomic E-state index is 12.1. The highest BCUT2D eigenvalue weighted by Crippen LogP contribution is 2.32.